The first-order valence-electron chi connectivity index (χ1n) is 13.1. The third-order valence-corrected chi connectivity index (χ3v) is 9.74. The molecular formula is C24H44Br2O11. The first-order chi connectivity index (χ1) is 17.7. The molecule has 0 aromatic heterocycles. The lowest BCUT2D eigenvalue weighted by Gasteiger charge is -2.45. The van der Waals surface area contributed by atoms with E-state index in [0.29, 0.717) is 16.1 Å². The molecule has 12 atom stereocenters. The lowest BCUT2D eigenvalue weighted by molar-refractivity contribution is -0.359. The van der Waals surface area contributed by atoms with Crippen LogP contribution < -0.4 is 0 Å². The van der Waals surface area contributed by atoms with Crippen LogP contribution in [0.1, 0.15) is 58.3 Å². The molecular weight excluding hydrogens is 626 g/mol. The molecule has 0 aromatic carbocycles. The van der Waals surface area contributed by atoms with E-state index in [1.807, 2.05) is 0 Å². The lowest BCUT2D eigenvalue weighted by Crippen LogP contribution is -2.64. The molecule has 0 spiro atoms. The highest BCUT2D eigenvalue weighted by Gasteiger charge is 2.50. The van der Waals surface area contributed by atoms with E-state index < -0.39 is 74.6 Å². The lowest BCUT2D eigenvalue weighted by atomic mass is 9.97. The predicted molar refractivity (Wildman–Crippen MR) is 140 cm³/mol. The van der Waals surface area contributed by atoms with Gasteiger partial charge in [-0.05, 0) is 19.3 Å². The molecule has 2 aliphatic rings. The van der Waals surface area contributed by atoms with Gasteiger partial charge in [0, 0.05) is 16.3 Å². The van der Waals surface area contributed by atoms with Gasteiger partial charge >= 0.3 is 0 Å². The zero-order valence-corrected chi connectivity index (χ0v) is 24.4. The number of halogens is 2. The Hall–Kier alpha value is 0.520. The molecule has 2 aliphatic heterocycles. The van der Waals surface area contributed by atoms with Gasteiger partial charge in [-0.2, -0.15) is 0 Å². The van der Waals surface area contributed by atoms with Crippen molar-refractivity contribution in [3.05, 3.63) is 0 Å². The second-order valence-electron chi connectivity index (χ2n) is 9.75. The summed E-state index contributed by atoms with van der Waals surface area (Å²) < 4.78 is 22.1. The Kier molecular flexibility index (Phi) is 15.8. The van der Waals surface area contributed by atoms with Crippen molar-refractivity contribution in [2.75, 3.05) is 19.8 Å². The Labute approximate surface area is 235 Å². The van der Waals surface area contributed by atoms with Gasteiger partial charge in [0.2, 0.25) is 0 Å². The van der Waals surface area contributed by atoms with E-state index in [2.05, 4.69) is 38.8 Å². The van der Waals surface area contributed by atoms with Crippen LogP contribution in [-0.2, 0) is 18.9 Å². The number of rotatable bonds is 16. The van der Waals surface area contributed by atoms with E-state index in [0.717, 1.165) is 19.3 Å². The van der Waals surface area contributed by atoms with Crippen LogP contribution in [0.4, 0.5) is 0 Å². The molecule has 37 heavy (non-hydrogen) atoms. The molecule has 2 unspecified atom stereocenters. The number of ether oxygens (including phenoxy) is 4. The summed E-state index contributed by atoms with van der Waals surface area (Å²) in [5.74, 6) is 0. The molecule has 11 nitrogen and oxygen atoms in total. The highest BCUT2D eigenvalue weighted by Crippen LogP contribution is 2.30. The fourth-order valence-electron chi connectivity index (χ4n) is 4.46. The third kappa shape index (κ3) is 9.83. The number of hydrogen-bond acceptors (Lipinski definition) is 11. The second kappa shape index (κ2) is 17.4. The molecule has 0 amide bonds. The minimum atomic E-state index is -1.70. The van der Waals surface area contributed by atoms with Crippen LogP contribution in [0.25, 0.3) is 0 Å². The average Bonchev–Trinajstić information content (AvgIpc) is 2.89. The Balaban J connectivity index is 1.79. The molecule has 2 heterocycles. The first-order valence-corrected chi connectivity index (χ1v) is 15.0. The smallest absolute Gasteiger partial charge is 0.187 e. The number of hydrogen-bond donors (Lipinski definition) is 7. The van der Waals surface area contributed by atoms with Gasteiger partial charge in [0.25, 0.3) is 0 Å². The largest absolute Gasteiger partial charge is 0.394 e. The van der Waals surface area contributed by atoms with Crippen LogP contribution >= 0.6 is 31.9 Å². The van der Waals surface area contributed by atoms with E-state index in [9.17, 15) is 35.7 Å². The summed E-state index contributed by atoms with van der Waals surface area (Å²) in [6, 6.07) is 0. The molecule has 7 N–H and O–H groups in total. The maximum Gasteiger partial charge on any atom is 0.187 e. The molecule has 2 saturated heterocycles. The second-order valence-corrected chi connectivity index (χ2v) is 12.1. The van der Waals surface area contributed by atoms with Crippen molar-refractivity contribution in [3.8, 4) is 0 Å². The number of aliphatic hydroxyl groups is 7. The van der Waals surface area contributed by atoms with E-state index in [-0.39, 0.29) is 6.61 Å². The van der Waals surface area contributed by atoms with Crippen molar-refractivity contribution in [3.63, 3.8) is 0 Å². The van der Waals surface area contributed by atoms with Gasteiger partial charge in [-0.15, -0.1) is 0 Å². The third-order valence-electron chi connectivity index (χ3n) is 6.84. The maximum absolute atomic E-state index is 10.7. The van der Waals surface area contributed by atoms with Gasteiger partial charge in [-0.3, -0.25) is 0 Å². The van der Waals surface area contributed by atoms with Crippen molar-refractivity contribution in [1.82, 2.24) is 0 Å². The Morgan fingerprint density at radius 1 is 0.730 bits per heavy atom. The maximum atomic E-state index is 10.7. The summed E-state index contributed by atoms with van der Waals surface area (Å²) in [5, 5.41) is 70.4. The van der Waals surface area contributed by atoms with Crippen LogP contribution in [0, 0.1) is 0 Å². The van der Waals surface area contributed by atoms with Crippen molar-refractivity contribution in [2.45, 2.75) is 129 Å². The van der Waals surface area contributed by atoms with Gasteiger partial charge in [0.05, 0.1) is 13.2 Å². The van der Waals surface area contributed by atoms with Crippen molar-refractivity contribution >= 4 is 31.9 Å². The van der Waals surface area contributed by atoms with E-state index in [1.54, 1.807) is 0 Å². The van der Waals surface area contributed by atoms with Gasteiger partial charge in [-0.1, -0.05) is 70.9 Å². The van der Waals surface area contributed by atoms with Crippen LogP contribution in [0.5, 0.6) is 0 Å². The zero-order valence-electron chi connectivity index (χ0n) is 21.2. The molecule has 0 radical (unpaired) electrons. The van der Waals surface area contributed by atoms with Crippen LogP contribution in [-0.4, -0.2) is 127 Å². The predicted octanol–water partition coefficient (Wildman–Crippen LogP) is 0.295. The van der Waals surface area contributed by atoms with Crippen LogP contribution in [0.15, 0.2) is 0 Å². The van der Waals surface area contributed by atoms with E-state index in [1.165, 1.54) is 25.7 Å². The van der Waals surface area contributed by atoms with Crippen LogP contribution in [0.2, 0.25) is 0 Å². The molecule has 2 fully saturated rings. The monoisotopic (exact) mass is 668 g/mol. The van der Waals surface area contributed by atoms with Crippen molar-refractivity contribution in [2.24, 2.45) is 0 Å². The van der Waals surface area contributed by atoms with E-state index in [4.69, 9.17) is 18.9 Å². The standard InChI is InChI=1S/C24H44Br2O11/c1-2-3-4-5-8-13(25)14(26)9-6-7-10-34-23-21(33)19(31)22(16(12-28)36-23)37-24-20(32)18(30)17(29)15(11-27)35-24/h13-24,27-33H,2-12H2,1H3/t13?,14?,15-,16-,17-,18+,19-,20-,21-,22-,23-,24-/m1/s1/i10+2. The topological polar surface area (TPSA) is 179 Å². The fraction of sp³-hybridized carbons (Fsp3) is 1.00. The Morgan fingerprint density at radius 3 is 1.95 bits per heavy atom. The van der Waals surface area contributed by atoms with Gasteiger partial charge in [0.15, 0.2) is 12.6 Å². The summed E-state index contributed by atoms with van der Waals surface area (Å²) in [6.07, 6.45) is -5.95. The highest BCUT2D eigenvalue weighted by molar-refractivity contribution is 9.12. The molecule has 220 valence electrons. The van der Waals surface area contributed by atoms with Crippen LogP contribution in [0.3, 0.4) is 0 Å². The van der Waals surface area contributed by atoms with Crippen molar-refractivity contribution in [1.29, 1.82) is 0 Å². The number of aliphatic hydroxyl groups excluding tert-OH is 7. The fourth-order valence-corrected chi connectivity index (χ4v) is 5.64. The summed E-state index contributed by atoms with van der Waals surface area (Å²) in [5.41, 5.74) is 0. The minimum Gasteiger partial charge on any atom is -0.394 e. The van der Waals surface area contributed by atoms with Gasteiger partial charge in [-0.25, -0.2) is 0 Å². The van der Waals surface area contributed by atoms with Gasteiger partial charge < -0.3 is 54.7 Å². The SMILES string of the molecule is CCCCCCC(Br)C(Br)CCC[14CH2]O[C@@H]1O[C@H](CO)[C@@H](O[C@H]2O[C@H](CO)[C@@H](O)[C@H](O)[C@H]2O)[C@H](O)[C@H]1O. The summed E-state index contributed by atoms with van der Waals surface area (Å²) in [7, 11) is 0. The van der Waals surface area contributed by atoms with E-state index >= 15 is 0 Å². The molecule has 0 saturated carbocycles. The molecule has 13 heteroatoms. The molecule has 0 aromatic rings. The first kappa shape index (κ1) is 33.7. The highest BCUT2D eigenvalue weighted by atomic mass is 79.9. The summed E-state index contributed by atoms with van der Waals surface area (Å²) in [4.78, 5) is 0.737. The molecule has 0 bridgehead atoms. The van der Waals surface area contributed by atoms with Crippen molar-refractivity contribution < 1.29 is 54.7 Å². The average molecular weight is 670 g/mol. The summed E-state index contributed by atoms with van der Waals surface area (Å²) >= 11 is 7.50. The zero-order chi connectivity index (χ0) is 27.5. The normalized spacial score (nSPS) is 38.4. The minimum absolute atomic E-state index is 0.272. The summed E-state index contributed by atoms with van der Waals surface area (Å²) in [6.45, 7) is 1.22. The number of alkyl halides is 2. The quantitative estimate of drug-likeness (QED) is 0.0888. The Bertz CT molecular complexity index is 617. The molecule has 2 rings (SSSR count). The number of unbranched alkanes of at least 4 members (excludes halogenated alkanes) is 4. The Morgan fingerprint density at radius 2 is 1.32 bits per heavy atom. The van der Waals surface area contributed by atoms with Gasteiger partial charge in [0.1, 0.15) is 48.8 Å². The molecule has 0 aliphatic carbocycles.